The molecule has 3 N–H and O–H groups in total. The molecule has 0 saturated heterocycles. The molecular formula is C19H20F3N3O. The molecule has 2 aromatic heterocycles. The molecule has 0 aliphatic rings. The van der Waals surface area contributed by atoms with E-state index in [1.807, 2.05) is 0 Å². The normalized spacial score (nSPS) is 11.9. The highest BCUT2D eigenvalue weighted by Crippen LogP contribution is 2.39. The maximum absolute atomic E-state index is 13.4. The van der Waals surface area contributed by atoms with E-state index in [9.17, 15) is 13.2 Å². The number of unbranched alkanes of at least 4 members (excludes halogenated alkanes) is 1. The summed E-state index contributed by atoms with van der Waals surface area (Å²) >= 11 is 0. The molecular weight excluding hydrogens is 343 g/mol. The molecule has 4 nitrogen and oxygen atoms in total. The Morgan fingerprint density at radius 1 is 1.15 bits per heavy atom. The lowest BCUT2D eigenvalue weighted by Gasteiger charge is -2.07. The number of H-pyrrole nitrogens is 1. The number of nitrogens with two attached hydrogens (primary N) is 1. The number of hydrogen-bond acceptors (Lipinski definition) is 3. The zero-order valence-corrected chi connectivity index (χ0v) is 14.4. The van der Waals surface area contributed by atoms with E-state index in [-0.39, 0.29) is 5.52 Å². The van der Waals surface area contributed by atoms with E-state index in [0.717, 1.165) is 30.0 Å². The number of nitrogens with zero attached hydrogens (tertiary/aromatic N) is 1. The molecule has 0 unspecified atom stereocenters. The first-order valence-corrected chi connectivity index (χ1v) is 8.37. The number of aromatic amines is 1. The van der Waals surface area contributed by atoms with Crippen LogP contribution in [-0.2, 0) is 12.6 Å². The van der Waals surface area contributed by atoms with Gasteiger partial charge in [0.15, 0.2) is 0 Å². The van der Waals surface area contributed by atoms with Crippen LogP contribution in [0.4, 0.5) is 13.2 Å². The van der Waals surface area contributed by atoms with Gasteiger partial charge in [-0.2, -0.15) is 13.2 Å². The lowest BCUT2D eigenvalue weighted by Crippen LogP contribution is -2.05. The van der Waals surface area contributed by atoms with Gasteiger partial charge in [-0.3, -0.25) is 0 Å². The average molecular weight is 363 g/mol. The van der Waals surface area contributed by atoms with Crippen molar-refractivity contribution in [3.05, 3.63) is 47.7 Å². The van der Waals surface area contributed by atoms with Crippen LogP contribution < -0.4 is 10.5 Å². The molecule has 0 fully saturated rings. The van der Waals surface area contributed by atoms with Gasteiger partial charge in [-0.25, -0.2) is 4.98 Å². The highest BCUT2D eigenvalue weighted by molar-refractivity contribution is 5.93. The molecule has 0 aliphatic heterocycles. The Balaban J connectivity index is 2.17. The van der Waals surface area contributed by atoms with E-state index in [2.05, 4.69) is 9.97 Å². The molecule has 0 radical (unpaired) electrons. The number of aromatic nitrogens is 2. The maximum atomic E-state index is 13.4. The Labute approximate surface area is 149 Å². The van der Waals surface area contributed by atoms with E-state index in [4.69, 9.17) is 10.5 Å². The summed E-state index contributed by atoms with van der Waals surface area (Å²) in [7, 11) is 1.51. The second-order valence-electron chi connectivity index (χ2n) is 6.04. The van der Waals surface area contributed by atoms with Crippen LogP contribution in [0.25, 0.3) is 22.2 Å². The molecule has 0 aliphatic carbocycles. The minimum absolute atomic E-state index is 0.105. The van der Waals surface area contributed by atoms with Crippen molar-refractivity contribution >= 4 is 10.9 Å². The predicted molar refractivity (Wildman–Crippen MR) is 95.1 cm³/mol. The first kappa shape index (κ1) is 18.3. The molecule has 0 saturated carbocycles. The Hall–Kier alpha value is -2.54. The van der Waals surface area contributed by atoms with Crippen molar-refractivity contribution < 1.29 is 17.9 Å². The molecule has 3 rings (SSSR count). The highest BCUT2D eigenvalue weighted by Gasteiger charge is 2.34. The van der Waals surface area contributed by atoms with Gasteiger partial charge in [0, 0.05) is 23.2 Å². The molecule has 26 heavy (non-hydrogen) atoms. The number of rotatable bonds is 6. The topological polar surface area (TPSA) is 63.9 Å². The number of ether oxygens (including phenoxy) is 1. The molecule has 1 aromatic carbocycles. The fourth-order valence-electron chi connectivity index (χ4n) is 3.11. The van der Waals surface area contributed by atoms with Crippen LogP contribution in [0.3, 0.4) is 0 Å². The van der Waals surface area contributed by atoms with Crippen LogP contribution in [0.5, 0.6) is 5.88 Å². The number of aryl methyl sites for hydroxylation is 1. The number of hydrogen-bond donors (Lipinski definition) is 2. The second kappa shape index (κ2) is 7.37. The van der Waals surface area contributed by atoms with E-state index in [0.29, 0.717) is 29.9 Å². The Morgan fingerprint density at radius 2 is 1.96 bits per heavy atom. The van der Waals surface area contributed by atoms with Gasteiger partial charge in [-0.1, -0.05) is 12.1 Å². The molecule has 0 amide bonds. The minimum atomic E-state index is -4.42. The Kier molecular flexibility index (Phi) is 5.18. The maximum Gasteiger partial charge on any atom is 0.418 e. The van der Waals surface area contributed by atoms with E-state index in [1.54, 1.807) is 24.4 Å². The molecule has 0 bridgehead atoms. The summed E-state index contributed by atoms with van der Waals surface area (Å²) in [6.45, 7) is 0.551. The number of pyridine rings is 1. The average Bonchev–Trinajstić information content (AvgIpc) is 3.00. The van der Waals surface area contributed by atoms with Crippen molar-refractivity contribution in [2.45, 2.75) is 25.4 Å². The fourth-order valence-corrected chi connectivity index (χ4v) is 3.11. The van der Waals surface area contributed by atoms with Gasteiger partial charge in [-0.05, 0) is 43.5 Å². The van der Waals surface area contributed by atoms with Crippen molar-refractivity contribution in [3.63, 3.8) is 0 Å². The Bertz CT molecular complexity index is 885. The van der Waals surface area contributed by atoms with Gasteiger partial charge in [0.1, 0.15) is 0 Å². The van der Waals surface area contributed by atoms with Gasteiger partial charge < -0.3 is 15.5 Å². The van der Waals surface area contributed by atoms with Crippen LogP contribution in [0.1, 0.15) is 24.0 Å². The monoisotopic (exact) mass is 363 g/mol. The van der Waals surface area contributed by atoms with Crippen LogP contribution in [0.15, 0.2) is 36.5 Å². The summed E-state index contributed by atoms with van der Waals surface area (Å²) in [6, 6.07) is 7.74. The van der Waals surface area contributed by atoms with Gasteiger partial charge in [-0.15, -0.1) is 0 Å². The summed E-state index contributed by atoms with van der Waals surface area (Å²) in [5.74, 6) is 0.450. The lowest BCUT2D eigenvalue weighted by atomic mass is 10.00. The van der Waals surface area contributed by atoms with Crippen LogP contribution >= 0.6 is 0 Å². The zero-order chi connectivity index (χ0) is 18.7. The predicted octanol–water partition coefficient (Wildman–Crippen LogP) is 4.54. The van der Waals surface area contributed by atoms with Crippen LogP contribution in [0, 0.1) is 0 Å². The third-order valence-corrected chi connectivity index (χ3v) is 4.36. The standard InChI is InChI=1S/C19H20F3N3O/c1-26-16-9-8-12(11-24-16)17-13(5-2-3-10-23)14-6-4-7-15(18(14)25-17)19(20,21)22/h4,6-9,11,25H,2-3,5,10,23H2,1H3. The van der Waals surface area contributed by atoms with Gasteiger partial charge in [0.2, 0.25) is 5.88 Å². The molecule has 138 valence electrons. The Morgan fingerprint density at radius 3 is 2.58 bits per heavy atom. The third-order valence-electron chi connectivity index (χ3n) is 4.36. The smallest absolute Gasteiger partial charge is 0.418 e. The van der Waals surface area contributed by atoms with Crippen molar-refractivity contribution in [2.24, 2.45) is 5.73 Å². The molecule has 3 aromatic rings. The second-order valence-corrected chi connectivity index (χ2v) is 6.04. The largest absolute Gasteiger partial charge is 0.481 e. The van der Waals surface area contributed by atoms with Crippen molar-refractivity contribution in [3.8, 4) is 17.1 Å². The van der Waals surface area contributed by atoms with Crippen LogP contribution in [-0.4, -0.2) is 23.6 Å². The highest BCUT2D eigenvalue weighted by atomic mass is 19.4. The SMILES string of the molecule is COc1ccc(-c2[nH]c3c(C(F)(F)F)cccc3c2CCCCN)cn1. The zero-order valence-electron chi connectivity index (χ0n) is 14.4. The third kappa shape index (κ3) is 3.53. The summed E-state index contributed by atoms with van der Waals surface area (Å²) in [6.07, 6.45) is -0.570. The van der Waals surface area contributed by atoms with Gasteiger partial charge in [0.25, 0.3) is 0 Å². The minimum Gasteiger partial charge on any atom is -0.481 e. The van der Waals surface area contributed by atoms with Gasteiger partial charge in [0.05, 0.1) is 23.9 Å². The summed E-state index contributed by atoms with van der Waals surface area (Å²) < 4.78 is 45.3. The van der Waals surface area contributed by atoms with Crippen molar-refractivity contribution in [1.29, 1.82) is 0 Å². The number of halogens is 3. The van der Waals surface area contributed by atoms with Crippen molar-refractivity contribution in [1.82, 2.24) is 9.97 Å². The lowest BCUT2D eigenvalue weighted by molar-refractivity contribution is -0.136. The summed E-state index contributed by atoms with van der Waals surface area (Å²) in [5, 5.41) is 0.586. The first-order chi connectivity index (χ1) is 12.5. The summed E-state index contributed by atoms with van der Waals surface area (Å²) in [4.78, 5) is 7.16. The van der Waals surface area contributed by atoms with Crippen molar-refractivity contribution in [2.75, 3.05) is 13.7 Å². The van der Waals surface area contributed by atoms with E-state index >= 15 is 0 Å². The van der Waals surface area contributed by atoms with Crippen LogP contribution in [0.2, 0.25) is 0 Å². The molecule has 0 atom stereocenters. The number of methoxy groups -OCH3 is 1. The molecule has 2 heterocycles. The quantitative estimate of drug-likeness (QED) is 0.632. The van der Waals surface area contributed by atoms with Gasteiger partial charge >= 0.3 is 6.18 Å². The molecule has 0 spiro atoms. The fraction of sp³-hybridized carbons (Fsp3) is 0.316. The number of para-hydroxylation sites is 1. The first-order valence-electron chi connectivity index (χ1n) is 8.37. The van der Waals surface area contributed by atoms with E-state index in [1.165, 1.54) is 13.2 Å². The van der Waals surface area contributed by atoms with E-state index < -0.39 is 11.7 Å². The number of alkyl halides is 3. The summed E-state index contributed by atoms with van der Waals surface area (Å²) in [5.41, 5.74) is 7.23. The number of fused-ring (bicyclic) bond motifs is 1. The number of benzene rings is 1. The molecule has 7 heteroatoms. The number of nitrogens with one attached hydrogen (secondary N) is 1.